The molecule has 0 bridgehead atoms. The summed E-state index contributed by atoms with van der Waals surface area (Å²) >= 11 is 0. The Kier molecular flexibility index (Phi) is 2.63. The summed E-state index contributed by atoms with van der Waals surface area (Å²) in [7, 11) is 2.02. The predicted octanol–water partition coefficient (Wildman–Crippen LogP) is 2.80. The Hall–Kier alpha value is -1.35. The molecule has 3 rings (SSSR count). The number of hydrogen-bond donors (Lipinski definition) is 0. The highest BCUT2D eigenvalue weighted by Gasteiger charge is 2.20. The first-order valence-electron chi connectivity index (χ1n) is 6.13. The summed E-state index contributed by atoms with van der Waals surface area (Å²) in [6, 6.07) is 5.06. The van der Waals surface area contributed by atoms with Crippen LogP contribution in [0.4, 0.5) is 4.39 Å². The molecule has 0 aliphatic carbocycles. The molecule has 2 aromatic rings. The van der Waals surface area contributed by atoms with Crippen LogP contribution in [0.2, 0.25) is 0 Å². The van der Waals surface area contributed by atoms with E-state index >= 15 is 0 Å². The van der Waals surface area contributed by atoms with Crippen LogP contribution < -0.4 is 5.32 Å². The van der Waals surface area contributed by atoms with Gasteiger partial charge >= 0.3 is 0 Å². The first-order valence-corrected chi connectivity index (χ1v) is 6.13. The number of aryl methyl sites for hydroxylation is 1. The topological polar surface area (TPSA) is 19.0 Å². The second kappa shape index (κ2) is 4.15. The van der Waals surface area contributed by atoms with Crippen molar-refractivity contribution < 1.29 is 4.39 Å². The second-order valence-electron chi connectivity index (χ2n) is 4.80. The molecule has 1 aromatic carbocycles. The molecular formula is C14H16FN2. The summed E-state index contributed by atoms with van der Waals surface area (Å²) in [5.41, 5.74) is 2.40. The van der Waals surface area contributed by atoms with Crippen LogP contribution in [0.5, 0.6) is 0 Å². The Morgan fingerprint density at radius 1 is 1.29 bits per heavy atom. The molecule has 2 nitrogen and oxygen atoms in total. The third-order valence-corrected chi connectivity index (χ3v) is 3.69. The Bertz CT molecular complexity index is 538. The Morgan fingerprint density at radius 2 is 2.06 bits per heavy atom. The molecule has 1 fully saturated rings. The van der Waals surface area contributed by atoms with Gasteiger partial charge in [-0.2, -0.15) is 0 Å². The van der Waals surface area contributed by atoms with Crippen molar-refractivity contribution in [2.45, 2.75) is 18.8 Å². The van der Waals surface area contributed by atoms with Gasteiger partial charge < -0.3 is 4.57 Å². The van der Waals surface area contributed by atoms with Gasteiger partial charge in [-0.1, -0.05) is 0 Å². The minimum atomic E-state index is -0.148. The molecule has 1 aliphatic heterocycles. The molecule has 17 heavy (non-hydrogen) atoms. The highest BCUT2D eigenvalue weighted by atomic mass is 19.1. The molecular weight excluding hydrogens is 215 g/mol. The first kappa shape index (κ1) is 10.8. The lowest BCUT2D eigenvalue weighted by Gasteiger charge is -2.21. The Balaban J connectivity index is 2.11. The molecule has 1 aromatic heterocycles. The second-order valence-corrected chi connectivity index (χ2v) is 4.80. The van der Waals surface area contributed by atoms with E-state index in [4.69, 9.17) is 0 Å². The molecule has 0 saturated carbocycles. The number of fused-ring (bicyclic) bond motifs is 1. The summed E-state index contributed by atoms with van der Waals surface area (Å²) in [5.74, 6) is 0.392. The molecule has 0 spiro atoms. The van der Waals surface area contributed by atoms with Crippen LogP contribution in [-0.4, -0.2) is 17.7 Å². The van der Waals surface area contributed by atoms with Crippen molar-refractivity contribution in [1.82, 2.24) is 9.88 Å². The zero-order valence-electron chi connectivity index (χ0n) is 9.99. The largest absolute Gasteiger partial charge is 0.350 e. The smallest absolute Gasteiger partial charge is 0.123 e. The summed E-state index contributed by atoms with van der Waals surface area (Å²) in [5, 5.41) is 5.45. The van der Waals surface area contributed by atoms with E-state index in [0.717, 1.165) is 36.8 Å². The van der Waals surface area contributed by atoms with E-state index in [9.17, 15) is 4.39 Å². The van der Waals surface area contributed by atoms with Gasteiger partial charge in [-0.3, -0.25) is 0 Å². The van der Waals surface area contributed by atoms with Crippen LogP contribution in [0.1, 0.15) is 24.3 Å². The van der Waals surface area contributed by atoms with Crippen LogP contribution in [-0.2, 0) is 7.05 Å². The number of benzene rings is 1. The lowest BCUT2D eigenvalue weighted by molar-refractivity contribution is 0.455. The minimum Gasteiger partial charge on any atom is -0.350 e. The highest BCUT2D eigenvalue weighted by molar-refractivity contribution is 5.84. The fourth-order valence-corrected chi connectivity index (χ4v) is 2.78. The van der Waals surface area contributed by atoms with Crippen LogP contribution in [0.25, 0.3) is 10.9 Å². The number of nitrogens with zero attached hydrogens (tertiary/aromatic N) is 2. The average molecular weight is 231 g/mol. The average Bonchev–Trinajstić information content (AvgIpc) is 2.67. The van der Waals surface area contributed by atoms with Crippen molar-refractivity contribution in [1.29, 1.82) is 0 Å². The number of piperidine rings is 1. The van der Waals surface area contributed by atoms with Crippen molar-refractivity contribution >= 4 is 10.9 Å². The van der Waals surface area contributed by atoms with Crippen LogP contribution in [0, 0.1) is 5.82 Å². The lowest BCUT2D eigenvalue weighted by Crippen LogP contribution is -2.20. The van der Waals surface area contributed by atoms with Gasteiger partial charge in [0.05, 0.1) is 0 Å². The molecule has 1 radical (unpaired) electrons. The normalized spacial score (nSPS) is 17.8. The molecule has 3 heteroatoms. The van der Waals surface area contributed by atoms with E-state index in [-0.39, 0.29) is 5.82 Å². The van der Waals surface area contributed by atoms with Gasteiger partial charge in [0.1, 0.15) is 5.82 Å². The third-order valence-electron chi connectivity index (χ3n) is 3.69. The van der Waals surface area contributed by atoms with E-state index < -0.39 is 0 Å². The molecule has 2 heterocycles. The molecule has 1 saturated heterocycles. The van der Waals surface area contributed by atoms with Crippen molar-refractivity contribution in [3.05, 3.63) is 35.8 Å². The van der Waals surface area contributed by atoms with Gasteiger partial charge in [0, 0.05) is 37.2 Å². The van der Waals surface area contributed by atoms with Crippen LogP contribution >= 0.6 is 0 Å². The Morgan fingerprint density at radius 3 is 2.82 bits per heavy atom. The number of aromatic nitrogens is 1. The van der Waals surface area contributed by atoms with Gasteiger partial charge in [0.15, 0.2) is 0 Å². The van der Waals surface area contributed by atoms with Gasteiger partial charge in [-0.25, -0.2) is 9.71 Å². The highest BCUT2D eigenvalue weighted by Crippen LogP contribution is 2.33. The summed E-state index contributed by atoms with van der Waals surface area (Å²) < 4.78 is 15.5. The van der Waals surface area contributed by atoms with Crippen LogP contribution in [0.3, 0.4) is 0 Å². The minimum absolute atomic E-state index is 0.148. The quantitative estimate of drug-likeness (QED) is 0.719. The molecule has 0 N–H and O–H groups in total. The predicted molar refractivity (Wildman–Crippen MR) is 66.7 cm³/mol. The fourth-order valence-electron chi connectivity index (χ4n) is 2.78. The van der Waals surface area contributed by atoms with E-state index in [2.05, 4.69) is 16.1 Å². The maximum absolute atomic E-state index is 13.4. The molecule has 0 amide bonds. The molecule has 0 unspecified atom stereocenters. The maximum atomic E-state index is 13.4. The monoisotopic (exact) mass is 231 g/mol. The molecule has 0 atom stereocenters. The summed E-state index contributed by atoms with van der Waals surface area (Å²) in [6.45, 7) is 1.88. The summed E-state index contributed by atoms with van der Waals surface area (Å²) in [6.07, 6.45) is 4.34. The zero-order chi connectivity index (χ0) is 11.8. The Labute approximate surface area is 100 Å². The maximum Gasteiger partial charge on any atom is 0.123 e. The first-order chi connectivity index (χ1) is 8.25. The standard InChI is InChI=1S/C14H16FN2/c1-17-9-13(10-4-6-16-7-5-10)12-8-11(15)2-3-14(12)17/h2-3,8-10H,4-7H2,1H3. The fraction of sp³-hybridized carbons (Fsp3) is 0.429. The number of hydrogen-bond acceptors (Lipinski definition) is 0. The molecule has 1 aliphatic rings. The van der Waals surface area contributed by atoms with Gasteiger partial charge in [0.2, 0.25) is 0 Å². The molecule has 89 valence electrons. The van der Waals surface area contributed by atoms with Gasteiger partial charge in [-0.15, -0.1) is 0 Å². The van der Waals surface area contributed by atoms with E-state index in [1.807, 2.05) is 13.1 Å². The SMILES string of the molecule is Cn1cc(C2CC[N]CC2)c2cc(F)ccc21. The van der Waals surface area contributed by atoms with Gasteiger partial charge in [-0.05, 0) is 42.5 Å². The summed E-state index contributed by atoms with van der Waals surface area (Å²) in [4.78, 5) is 0. The van der Waals surface area contributed by atoms with Crippen molar-refractivity contribution in [2.75, 3.05) is 13.1 Å². The lowest BCUT2D eigenvalue weighted by atomic mass is 9.90. The number of halogens is 1. The van der Waals surface area contributed by atoms with Crippen LogP contribution in [0.15, 0.2) is 24.4 Å². The van der Waals surface area contributed by atoms with E-state index in [0.29, 0.717) is 5.92 Å². The van der Waals surface area contributed by atoms with E-state index in [1.165, 1.54) is 11.6 Å². The third kappa shape index (κ3) is 1.84. The van der Waals surface area contributed by atoms with Gasteiger partial charge in [0.25, 0.3) is 0 Å². The van der Waals surface area contributed by atoms with Crippen molar-refractivity contribution in [3.63, 3.8) is 0 Å². The van der Waals surface area contributed by atoms with Crippen molar-refractivity contribution in [2.24, 2.45) is 7.05 Å². The van der Waals surface area contributed by atoms with Crippen molar-refractivity contribution in [3.8, 4) is 0 Å². The zero-order valence-corrected chi connectivity index (χ0v) is 9.99. The number of rotatable bonds is 1. The van der Waals surface area contributed by atoms with E-state index in [1.54, 1.807) is 6.07 Å².